The van der Waals surface area contributed by atoms with Crippen LogP contribution >= 0.6 is 11.8 Å². The van der Waals surface area contributed by atoms with E-state index >= 15 is 0 Å². The van der Waals surface area contributed by atoms with Crippen LogP contribution in [0.15, 0.2) is 29.2 Å². The number of carboxylic acid groups (broad SMARTS) is 1. The number of hydrogen-bond donors (Lipinski definition) is 1. The standard InChI is InChI=1S/C15H19NO3S/c1-10-5-3-4-6-13(10)20-9-14(17)16-8-7-12(11(16)2)15(18)19/h3-6,11-12H,7-9H2,1-2H3,(H,18,19). The molecule has 0 radical (unpaired) electrons. The van der Waals surface area contributed by atoms with E-state index in [1.54, 1.807) is 4.90 Å². The zero-order chi connectivity index (χ0) is 14.7. The lowest BCUT2D eigenvalue weighted by atomic mass is 10.0. The maximum absolute atomic E-state index is 12.2. The monoisotopic (exact) mass is 293 g/mol. The molecule has 2 unspecified atom stereocenters. The van der Waals surface area contributed by atoms with E-state index in [9.17, 15) is 9.59 Å². The molecule has 1 amide bonds. The van der Waals surface area contributed by atoms with E-state index in [1.807, 2.05) is 38.1 Å². The lowest BCUT2D eigenvalue weighted by molar-refractivity contribution is -0.142. The Morgan fingerprint density at radius 2 is 2.10 bits per heavy atom. The van der Waals surface area contributed by atoms with Gasteiger partial charge in [0, 0.05) is 17.5 Å². The third kappa shape index (κ3) is 3.15. The number of rotatable bonds is 4. The Morgan fingerprint density at radius 1 is 1.40 bits per heavy atom. The normalized spacial score (nSPS) is 22.0. The second-order valence-electron chi connectivity index (χ2n) is 5.12. The van der Waals surface area contributed by atoms with Crippen LogP contribution in [0.1, 0.15) is 18.9 Å². The van der Waals surface area contributed by atoms with Crippen LogP contribution in [0.25, 0.3) is 0 Å². The number of aryl methyl sites for hydroxylation is 1. The van der Waals surface area contributed by atoms with Gasteiger partial charge in [-0.25, -0.2) is 0 Å². The average molecular weight is 293 g/mol. The number of hydrogen-bond acceptors (Lipinski definition) is 3. The smallest absolute Gasteiger partial charge is 0.308 e. The summed E-state index contributed by atoms with van der Waals surface area (Å²) in [6.45, 7) is 4.39. The predicted octanol–water partition coefficient (Wildman–Crippen LogP) is 2.41. The molecule has 2 rings (SSSR count). The minimum atomic E-state index is -0.806. The van der Waals surface area contributed by atoms with Crippen molar-refractivity contribution >= 4 is 23.6 Å². The Balaban J connectivity index is 1.93. The molecule has 1 fully saturated rings. The Labute approximate surface area is 123 Å². The van der Waals surface area contributed by atoms with E-state index in [0.29, 0.717) is 18.7 Å². The van der Waals surface area contributed by atoms with Gasteiger partial charge in [-0.3, -0.25) is 9.59 Å². The van der Waals surface area contributed by atoms with Crippen molar-refractivity contribution in [2.24, 2.45) is 5.92 Å². The van der Waals surface area contributed by atoms with Gasteiger partial charge in [-0.05, 0) is 31.9 Å². The number of nitrogens with zero attached hydrogens (tertiary/aromatic N) is 1. The highest BCUT2D eigenvalue weighted by Crippen LogP contribution is 2.27. The summed E-state index contributed by atoms with van der Waals surface area (Å²) in [5.74, 6) is -0.849. The van der Waals surface area contributed by atoms with E-state index in [0.717, 1.165) is 10.5 Å². The van der Waals surface area contributed by atoms with Gasteiger partial charge in [0.05, 0.1) is 11.7 Å². The van der Waals surface area contributed by atoms with Gasteiger partial charge >= 0.3 is 5.97 Å². The third-order valence-electron chi connectivity index (χ3n) is 3.84. The number of aliphatic carboxylic acids is 1. The highest BCUT2D eigenvalue weighted by molar-refractivity contribution is 8.00. The molecule has 0 aliphatic carbocycles. The zero-order valence-electron chi connectivity index (χ0n) is 11.7. The van der Waals surface area contributed by atoms with Crippen molar-refractivity contribution in [2.45, 2.75) is 31.2 Å². The highest BCUT2D eigenvalue weighted by atomic mass is 32.2. The van der Waals surface area contributed by atoms with Gasteiger partial charge in [0.25, 0.3) is 0 Å². The molecule has 20 heavy (non-hydrogen) atoms. The van der Waals surface area contributed by atoms with Crippen LogP contribution in [-0.2, 0) is 9.59 Å². The Kier molecular flexibility index (Phi) is 4.70. The molecule has 4 nitrogen and oxygen atoms in total. The maximum Gasteiger partial charge on any atom is 0.308 e. The lowest BCUT2D eigenvalue weighted by Gasteiger charge is -2.23. The van der Waals surface area contributed by atoms with Gasteiger partial charge in [-0.2, -0.15) is 0 Å². The number of thioether (sulfide) groups is 1. The first-order valence-corrected chi connectivity index (χ1v) is 7.70. The second kappa shape index (κ2) is 6.31. The number of carbonyl (C=O) groups excluding carboxylic acids is 1. The molecule has 5 heteroatoms. The zero-order valence-corrected chi connectivity index (χ0v) is 12.5. The minimum absolute atomic E-state index is 0.0227. The van der Waals surface area contributed by atoms with Crippen molar-refractivity contribution in [1.29, 1.82) is 0 Å². The van der Waals surface area contributed by atoms with Crippen molar-refractivity contribution in [3.8, 4) is 0 Å². The SMILES string of the molecule is Cc1ccccc1SCC(=O)N1CCC(C(=O)O)C1C. The van der Waals surface area contributed by atoms with E-state index in [4.69, 9.17) is 5.11 Å². The fourth-order valence-corrected chi connectivity index (χ4v) is 3.48. The first-order valence-electron chi connectivity index (χ1n) is 6.71. The Morgan fingerprint density at radius 3 is 2.70 bits per heavy atom. The topological polar surface area (TPSA) is 57.6 Å². The highest BCUT2D eigenvalue weighted by Gasteiger charge is 2.37. The van der Waals surface area contributed by atoms with Gasteiger partial charge in [0.1, 0.15) is 0 Å². The van der Waals surface area contributed by atoms with Crippen LogP contribution in [0.2, 0.25) is 0 Å². The lowest BCUT2D eigenvalue weighted by Crippen LogP contribution is -2.38. The molecule has 1 aromatic rings. The van der Waals surface area contributed by atoms with Crippen LogP contribution in [0.5, 0.6) is 0 Å². The van der Waals surface area contributed by atoms with Crippen LogP contribution in [0.3, 0.4) is 0 Å². The van der Waals surface area contributed by atoms with Crippen LogP contribution in [-0.4, -0.2) is 40.2 Å². The van der Waals surface area contributed by atoms with Gasteiger partial charge in [0.15, 0.2) is 0 Å². The van der Waals surface area contributed by atoms with Crippen molar-refractivity contribution in [2.75, 3.05) is 12.3 Å². The van der Waals surface area contributed by atoms with E-state index in [-0.39, 0.29) is 11.9 Å². The average Bonchev–Trinajstić information content (AvgIpc) is 2.79. The molecule has 1 N–H and O–H groups in total. The number of carbonyl (C=O) groups is 2. The molecule has 0 bridgehead atoms. The third-order valence-corrected chi connectivity index (χ3v) is 5.00. The van der Waals surface area contributed by atoms with Crippen molar-refractivity contribution in [3.63, 3.8) is 0 Å². The summed E-state index contributed by atoms with van der Waals surface area (Å²) in [6, 6.07) is 7.74. The molecule has 108 valence electrons. The molecule has 1 aliphatic heterocycles. The molecule has 1 aromatic carbocycles. The number of likely N-dealkylation sites (tertiary alicyclic amines) is 1. The number of benzene rings is 1. The van der Waals surface area contributed by atoms with Gasteiger partial charge < -0.3 is 10.0 Å². The van der Waals surface area contributed by atoms with Crippen molar-refractivity contribution in [1.82, 2.24) is 4.90 Å². The maximum atomic E-state index is 12.2. The summed E-state index contributed by atoms with van der Waals surface area (Å²) in [6.07, 6.45) is 0.553. The van der Waals surface area contributed by atoms with Crippen LogP contribution in [0.4, 0.5) is 0 Å². The Hall–Kier alpha value is -1.49. The number of amides is 1. The quantitative estimate of drug-likeness (QED) is 0.866. The molecule has 1 aliphatic rings. The molecule has 2 atom stereocenters. The van der Waals surface area contributed by atoms with Gasteiger partial charge in [-0.1, -0.05) is 18.2 Å². The fourth-order valence-electron chi connectivity index (χ4n) is 2.56. The predicted molar refractivity (Wildman–Crippen MR) is 78.8 cm³/mol. The first kappa shape index (κ1) is 14.9. The second-order valence-corrected chi connectivity index (χ2v) is 6.13. The number of carboxylic acids is 1. The van der Waals surface area contributed by atoms with E-state index in [1.165, 1.54) is 11.8 Å². The summed E-state index contributed by atoms with van der Waals surface area (Å²) in [5, 5.41) is 9.08. The summed E-state index contributed by atoms with van der Waals surface area (Å²) < 4.78 is 0. The van der Waals surface area contributed by atoms with E-state index in [2.05, 4.69) is 0 Å². The van der Waals surface area contributed by atoms with Gasteiger partial charge in [-0.15, -0.1) is 11.8 Å². The molecule has 0 saturated carbocycles. The largest absolute Gasteiger partial charge is 0.481 e. The Bertz CT molecular complexity index is 518. The minimum Gasteiger partial charge on any atom is -0.481 e. The van der Waals surface area contributed by atoms with Gasteiger partial charge in [0.2, 0.25) is 5.91 Å². The molecule has 0 aromatic heterocycles. The molecular weight excluding hydrogens is 274 g/mol. The van der Waals surface area contributed by atoms with E-state index < -0.39 is 11.9 Å². The fraction of sp³-hybridized carbons (Fsp3) is 0.467. The van der Waals surface area contributed by atoms with Crippen molar-refractivity contribution in [3.05, 3.63) is 29.8 Å². The summed E-state index contributed by atoms with van der Waals surface area (Å²) in [5.41, 5.74) is 1.16. The summed E-state index contributed by atoms with van der Waals surface area (Å²) in [7, 11) is 0. The molecule has 1 saturated heterocycles. The molecule has 1 heterocycles. The molecular formula is C15H19NO3S. The van der Waals surface area contributed by atoms with Crippen LogP contribution in [0, 0.1) is 12.8 Å². The van der Waals surface area contributed by atoms with Crippen molar-refractivity contribution < 1.29 is 14.7 Å². The summed E-state index contributed by atoms with van der Waals surface area (Å²) in [4.78, 5) is 26.1. The first-order chi connectivity index (χ1) is 9.50. The molecule has 0 spiro atoms. The summed E-state index contributed by atoms with van der Waals surface area (Å²) >= 11 is 1.52. The van der Waals surface area contributed by atoms with Crippen LogP contribution < -0.4 is 0 Å².